The predicted molar refractivity (Wildman–Crippen MR) is 98.5 cm³/mol. The van der Waals surface area contributed by atoms with E-state index in [1.807, 2.05) is 24.3 Å². The first-order valence-corrected chi connectivity index (χ1v) is 8.98. The average Bonchev–Trinajstić information content (AvgIpc) is 3.11. The number of ether oxygens (including phenoxy) is 1. The first kappa shape index (κ1) is 17.5. The van der Waals surface area contributed by atoms with Crippen molar-refractivity contribution in [1.82, 2.24) is 10.2 Å². The molecular weight excluding hydrogens is 368 g/mol. The maximum absolute atomic E-state index is 13.0. The van der Waals surface area contributed by atoms with Crippen LogP contribution < -0.4 is 10.1 Å². The highest BCUT2D eigenvalue weighted by Crippen LogP contribution is 2.41. The van der Waals surface area contributed by atoms with Gasteiger partial charge in [0, 0.05) is 5.02 Å². The van der Waals surface area contributed by atoms with E-state index in [1.165, 1.54) is 0 Å². The van der Waals surface area contributed by atoms with Crippen molar-refractivity contribution in [2.45, 2.75) is 25.3 Å². The summed E-state index contributed by atoms with van der Waals surface area (Å²) < 4.78 is 5.31. The average molecular weight is 385 g/mol. The van der Waals surface area contributed by atoms with E-state index < -0.39 is 30.0 Å². The number of hydrogen-bond donors (Lipinski definition) is 1. The van der Waals surface area contributed by atoms with Crippen LogP contribution in [-0.2, 0) is 21.5 Å². The Hall–Kier alpha value is -2.86. The first-order valence-electron chi connectivity index (χ1n) is 8.60. The van der Waals surface area contributed by atoms with E-state index in [1.54, 1.807) is 25.1 Å². The van der Waals surface area contributed by atoms with Gasteiger partial charge in [0.1, 0.15) is 17.8 Å². The molecule has 0 bridgehead atoms. The van der Waals surface area contributed by atoms with E-state index in [0.29, 0.717) is 29.2 Å². The Labute approximate surface area is 161 Å². The van der Waals surface area contributed by atoms with Crippen LogP contribution in [0.2, 0.25) is 5.02 Å². The zero-order valence-corrected chi connectivity index (χ0v) is 15.4. The molecule has 1 spiro atoms. The number of carbonyl (C=O) groups is 3. The number of aryl methyl sites for hydroxylation is 2. The second-order valence-electron chi connectivity index (χ2n) is 6.77. The molecule has 1 saturated heterocycles. The van der Waals surface area contributed by atoms with Gasteiger partial charge in [0.2, 0.25) is 0 Å². The van der Waals surface area contributed by atoms with Crippen LogP contribution in [0.4, 0.5) is 4.79 Å². The maximum Gasteiger partial charge on any atom is 0.331 e. The summed E-state index contributed by atoms with van der Waals surface area (Å²) in [6.07, 6.45) is 1.18. The lowest BCUT2D eigenvalue weighted by Crippen LogP contribution is -2.42. The zero-order valence-electron chi connectivity index (χ0n) is 14.6. The quantitative estimate of drug-likeness (QED) is 0.501. The number of halogens is 1. The van der Waals surface area contributed by atoms with Crippen LogP contribution in [0, 0.1) is 6.92 Å². The normalized spacial score (nSPS) is 20.7. The maximum atomic E-state index is 13.0. The molecule has 0 aromatic heterocycles. The molecule has 138 valence electrons. The molecule has 1 aliphatic heterocycles. The van der Waals surface area contributed by atoms with Crippen molar-refractivity contribution in [2.24, 2.45) is 0 Å². The Morgan fingerprint density at radius 2 is 2.04 bits per heavy atom. The van der Waals surface area contributed by atoms with Crippen molar-refractivity contribution in [1.29, 1.82) is 0 Å². The summed E-state index contributed by atoms with van der Waals surface area (Å²) in [4.78, 5) is 38.7. The Balaban J connectivity index is 1.53. The van der Waals surface area contributed by atoms with Crippen molar-refractivity contribution >= 4 is 29.5 Å². The third-order valence-corrected chi connectivity index (χ3v) is 5.31. The Bertz CT molecular complexity index is 974. The van der Waals surface area contributed by atoms with Crippen LogP contribution in [0.1, 0.15) is 23.1 Å². The second-order valence-corrected chi connectivity index (χ2v) is 7.20. The minimum atomic E-state index is -1.08. The number of hydrogen-bond acceptors (Lipinski definition) is 4. The molecule has 2 aliphatic rings. The summed E-state index contributed by atoms with van der Waals surface area (Å²) in [5.74, 6) is -0.758. The highest BCUT2D eigenvalue weighted by atomic mass is 35.5. The molecule has 6 nitrogen and oxygen atoms in total. The third-order valence-electron chi connectivity index (χ3n) is 5.07. The van der Waals surface area contributed by atoms with E-state index in [-0.39, 0.29) is 0 Å². The minimum absolute atomic E-state index is 0.345. The van der Waals surface area contributed by atoms with Crippen LogP contribution in [0.25, 0.3) is 0 Å². The molecule has 1 heterocycles. The van der Waals surface area contributed by atoms with Gasteiger partial charge in [-0.25, -0.2) is 9.59 Å². The third kappa shape index (κ3) is 2.86. The van der Waals surface area contributed by atoms with Gasteiger partial charge in [0.25, 0.3) is 5.91 Å². The fourth-order valence-corrected chi connectivity index (χ4v) is 3.97. The molecule has 4 rings (SSSR count). The number of carbonyl (C=O) groups excluding carboxylic acids is 3. The van der Waals surface area contributed by atoms with Gasteiger partial charge in [-0.1, -0.05) is 35.9 Å². The smallest absolute Gasteiger partial charge is 0.331 e. The molecular formula is C20H17ClN2O4. The van der Waals surface area contributed by atoms with Crippen molar-refractivity contribution in [3.8, 4) is 5.75 Å². The van der Waals surface area contributed by atoms with Crippen molar-refractivity contribution < 1.29 is 19.1 Å². The van der Waals surface area contributed by atoms with Crippen LogP contribution in [0.5, 0.6) is 5.75 Å². The van der Waals surface area contributed by atoms with Gasteiger partial charge in [-0.3, -0.25) is 9.69 Å². The van der Waals surface area contributed by atoms with Crippen LogP contribution in [0.15, 0.2) is 42.5 Å². The van der Waals surface area contributed by atoms with Crippen LogP contribution in [0.3, 0.4) is 0 Å². The van der Waals surface area contributed by atoms with Gasteiger partial charge in [-0.15, -0.1) is 0 Å². The van der Waals surface area contributed by atoms with Crippen molar-refractivity contribution in [3.05, 3.63) is 64.2 Å². The van der Waals surface area contributed by atoms with E-state index in [0.717, 1.165) is 16.0 Å². The van der Waals surface area contributed by atoms with Gasteiger partial charge in [-0.2, -0.15) is 0 Å². The summed E-state index contributed by atoms with van der Waals surface area (Å²) in [6.45, 7) is 1.31. The number of nitrogens with zero attached hydrogens (tertiary/aromatic N) is 1. The molecule has 7 heteroatoms. The number of imide groups is 1. The fourth-order valence-electron chi connectivity index (χ4n) is 3.74. The number of nitrogens with one attached hydrogen (secondary N) is 1. The molecule has 2 aromatic rings. The lowest BCUT2D eigenvalue weighted by Gasteiger charge is -2.22. The molecule has 1 aliphatic carbocycles. The van der Waals surface area contributed by atoms with Crippen LogP contribution >= 0.6 is 11.6 Å². The van der Waals surface area contributed by atoms with E-state index in [4.69, 9.17) is 16.3 Å². The number of fused-ring (bicyclic) bond motifs is 2. The SMILES string of the molecule is Cc1cc(Cl)ccc1OC(=O)CN1C(=O)NC2(CCc3ccccc32)C1=O. The zero-order chi connectivity index (χ0) is 19.2. The van der Waals surface area contributed by atoms with E-state index in [9.17, 15) is 14.4 Å². The largest absolute Gasteiger partial charge is 0.425 e. The summed E-state index contributed by atoms with van der Waals surface area (Å²) in [5.41, 5.74) is 1.44. The molecule has 27 heavy (non-hydrogen) atoms. The molecule has 0 saturated carbocycles. The highest BCUT2D eigenvalue weighted by molar-refractivity contribution is 6.30. The van der Waals surface area contributed by atoms with Gasteiger partial charge in [0.05, 0.1) is 0 Å². The van der Waals surface area contributed by atoms with Gasteiger partial charge in [0.15, 0.2) is 0 Å². The lowest BCUT2D eigenvalue weighted by atomic mass is 9.92. The summed E-state index contributed by atoms with van der Waals surface area (Å²) >= 11 is 5.89. The topological polar surface area (TPSA) is 75.7 Å². The summed E-state index contributed by atoms with van der Waals surface area (Å²) in [5, 5.41) is 3.32. The molecule has 1 N–H and O–H groups in total. The van der Waals surface area contributed by atoms with E-state index >= 15 is 0 Å². The fraction of sp³-hybridized carbons (Fsp3) is 0.250. The number of amides is 3. The Kier molecular flexibility index (Phi) is 4.15. The standard InChI is InChI=1S/C20H17ClN2O4/c1-12-10-14(21)6-7-16(12)27-17(24)11-23-18(25)20(22-19(23)26)9-8-13-4-2-3-5-15(13)20/h2-7,10H,8-9,11H2,1H3,(H,22,26). The molecule has 1 atom stereocenters. The lowest BCUT2D eigenvalue weighted by molar-refractivity contribution is -0.141. The number of rotatable bonds is 3. The number of esters is 1. The summed E-state index contributed by atoms with van der Waals surface area (Å²) in [7, 11) is 0. The molecule has 3 amide bonds. The van der Waals surface area contributed by atoms with Crippen molar-refractivity contribution in [3.63, 3.8) is 0 Å². The number of benzene rings is 2. The molecule has 2 aromatic carbocycles. The molecule has 0 radical (unpaired) electrons. The first-order chi connectivity index (χ1) is 12.9. The second kappa shape index (κ2) is 6.39. The molecule has 1 unspecified atom stereocenters. The Morgan fingerprint density at radius 1 is 1.26 bits per heavy atom. The molecule has 1 fully saturated rings. The minimum Gasteiger partial charge on any atom is -0.425 e. The highest BCUT2D eigenvalue weighted by Gasteiger charge is 2.55. The van der Waals surface area contributed by atoms with Gasteiger partial charge < -0.3 is 10.1 Å². The summed E-state index contributed by atoms with van der Waals surface area (Å²) in [6, 6.07) is 11.8. The van der Waals surface area contributed by atoms with Gasteiger partial charge >= 0.3 is 12.0 Å². The van der Waals surface area contributed by atoms with Gasteiger partial charge in [-0.05, 0) is 54.7 Å². The Morgan fingerprint density at radius 3 is 2.81 bits per heavy atom. The van der Waals surface area contributed by atoms with Crippen LogP contribution in [-0.4, -0.2) is 29.4 Å². The number of urea groups is 1. The van der Waals surface area contributed by atoms with E-state index in [2.05, 4.69) is 5.32 Å². The van der Waals surface area contributed by atoms with Crippen molar-refractivity contribution in [2.75, 3.05) is 6.54 Å². The monoisotopic (exact) mass is 384 g/mol. The predicted octanol–water partition coefficient (Wildman–Crippen LogP) is 2.95.